The van der Waals surface area contributed by atoms with Crippen LogP contribution in [0.15, 0.2) is 47.5 Å². The van der Waals surface area contributed by atoms with E-state index in [4.69, 9.17) is 10.7 Å². The Morgan fingerprint density at radius 3 is 2.57 bits per heavy atom. The van der Waals surface area contributed by atoms with Gasteiger partial charge in [0.05, 0.1) is 40.7 Å². The zero-order chi connectivity index (χ0) is 38.0. The molecule has 3 aliphatic carbocycles. The summed E-state index contributed by atoms with van der Waals surface area (Å²) in [5.74, 6) is 6.73. The predicted octanol–water partition coefficient (Wildman–Crippen LogP) is 6.94. The maximum Gasteiger partial charge on any atom is 0.189 e. The first-order valence-corrected chi connectivity index (χ1v) is 21.2. The number of guanidine groups is 1. The number of aliphatic hydroxyl groups is 3. The van der Waals surface area contributed by atoms with E-state index in [-0.39, 0.29) is 59.4 Å². The number of ketones is 1. The number of hydrogen-bond donors (Lipinski definition) is 7. The first-order valence-electron chi connectivity index (χ1n) is 19.6. The molecule has 0 unspecified atom stereocenters. The number of nitrogens with two attached hydrogens (primary N) is 1. The number of fused-ring (bicyclic) bond motifs is 1. The quantitative estimate of drug-likeness (QED) is 0.0478. The van der Waals surface area contributed by atoms with Crippen LogP contribution in [0.25, 0.3) is 15.8 Å². The predicted molar refractivity (Wildman–Crippen MR) is 219 cm³/mol. The highest BCUT2D eigenvalue weighted by Gasteiger charge is 2.53. The summed E-state index contributed by atoms with van der Waals surface area (Å²) >= 11 is 3.19. The minimum Gasteiger partial charge on any atom is -0.507 e. The Kier molecular flexibility index (Phi) is 11.9. The third kappa shape index (κ3) is 8.29. The molecule has 8 N–H and O–H groups in total. The number of nitrogens with zero attached hydrogens (tertiary/aromatic N) is 1. The van der Waals surface area contributed by atoms with Crippen LogP contribution in [0.1, 0.15) is 104 Å². The number of nitrogens with one attached hydrogen (secondary N) is 2. The fraction of sp³-hybridized carbons (Fsp3) is 0.535. The van der Waals surface area contributed by atoms with Gasteiger partial charge in [-0.2, -0.15) is 0 Å². The molecule has 1 aliphatic heterocycles. The number of thiophene rings is 2. The molecular weight excluding hydrogens is 717 g/mol. The molecular formula is C43H54N4O5S2. The number of aliphatic imine (C=N–C) groups is 1. The SMILES string of the molecule is CC#Cc1ccc(-c2ccc(C(=O)[C@H]3CC[C@H]([C@H](Cc4cc(O)c5c(c4)N[C@H]([C@H](C)O)C=C5)NC(N)=NC4CCCC4)C[C@@]34CC[C@H]([C@H](O)CO)C4)s2)s1. The van der Waals surface area contributed by atoms with Crippen LogP contribution in [-0.2, 0) is 6.42 Å². The Hall–Kier alpha value is -3.66. The normalized spacial score (nSPS) is 27.2. The third-order valence-electron chi connectivity index (χ3n) is 12.4. The minimum atomic E-state index is -0.818. The van der Waals surface area contributed by atoms with Gasteiger partial charge in [-0.25, -0.2) is 0 Å². The zero-order valence-electron chi connectivity index (χ0n) is 31.3. The van der Waals surface area contributed by atoms with Crippen molar-refractivity contribution >= 4 is 46.2 Å². The Morgan fingerprint density at radius 2 is 1.81 bits per heavy atom. The van der Waals surface area contributed by atoms with Gasteiger partial charge in [0.15, 0.2) is 11.7 Å². The summed E-state index contributed by atoms with van der Waals surface area (Å²) in [4.78, 5) is 23.4. The lowest BCUT2D eigenvalue weighted by atomic mass is 9.58. The summed E-state index contributed by atoms with van der Waals surface area (Å²) in [5.41, 5.74) is 8.74. The topological polar surface area (TPSA) is 160 Å². The number of benzene rings is 1. The molecule has 7 rings (SSSR count). The molecule has 8 atom stereocenters. The highest BCUT2D eigenvalue weighted by Crippen LogP contribution is 2.58. The Balaban J connectivity index is 1.18. The van der Waals surface area contributed by atoms with Crippen molar-refractivity contribution in [3.63, 3.8) is 0 Å². The minimum absolute atomic E-state index is 0.0776. The van der Waals surface area contributed by atoms with E-state index in [1.165, 1.54) is 0 Å². The van der Waals surface area contributed by atoms with Crippen LogP contribution in [0.3, 0.4) is 0 Å². The highest BCUT2D eigenvalue weighted by atomic mass is 32.1. The van der Waals surface area contributed by atoms with E-state index in [9.17, 15) is 25.2 Å². The molecule has 0 saturated heterocycles. The highest BCUT2D eigenvalue weighted by molar-refractivity contribution is 7.23. The number of carbonyl (C=O) groups is 1. The lowest BCUT2D eigenvalue weighted by Gasteiger charge is -2.47. The molecule has 3 saturated carbocycles. The molecule has 3 fully saturated rings. The van der Waals surface area contributed by atoms with E-state index in [0.717, 1.165) is 82.1 Å². The van der Waals surface area contributed by atoms with Crippen molar-refractivity contribution in [2.45, 2.75) is 115 Å². The standard InChI is InChI=1S/C43H54N4O5S2/c1-3-6-30-10-14-38(53-30)39-15-16-40(54-39)41(52)32-12-9-27(22-43(32)18-17-28(23-43)37(51)24-48)34(47-42(44)45-29-7-4-5-8-29)19-26-20-35-31(36(50)21-26)11-13-33(46-35)25(2)49/h10-11,13-16,20-21,25,27-29,32-34,37,46,48-51H,4-5,7-9,12,17-19,22-24H2,1-2H3,(H3,44,45,47)/t25-,27-,28-,32+,33-,34-,37+,43+/m0/s1. The van der Waals surface area contributed by atoms with E-state index < -0.39 is 12.2 Å². The van der Waals surface area contributed by atoms with Gasteiger partial charge in [-0.05, 0) is 131 Å². The summed E-state index contributed by atoms with van der Waals surface area (Å²) < 4.78 is 0. The lowest BCUT2D eigenvalue weighted by Crippen LogP contribution is -2.50. The second-order valence-corrected chi connectivity index (χ2v) is 18.2. The van der Waals surface area contributed by atoms with Crippen LogP contribution in [-0.4, -0.2) is 69.1 Å². The first-order chi connectivity index (χ1) is 26.1. The van der Waals surface area contributed by atoms with E-state index in [0.29, 0.717) is 30.8 Å². The molecule has 11 heteroatoms. The average molecular weight is 771 g/mol. The number of Topliss-reactive ketones (excluding diaryl/α,β-unsaturated/α-hetero) is 1. The number of aliphatic hydroxyl groups excluding tert-OH is 3. The van der Waals surface area contributed by atoms with Gasteiger partial charge in [0, 0.05) is 33.0 Å². The van der Waals surface area contributed by atoms with Crippen LogP contribution in [0.2, 0.25) is 0 Å². The van der Waals surface area contributed by atoms with Crippen molar-refractivity contribution in [1.29, 1.82) is 0 Å². The van der Waals surface area contributed by atoms with Gasteiger partial charge in [-0.15, -0.1) is 28.6 Å². The van der Waals surface area contributed by atoms with Crippen LogP contribution in [0.4, 0.5) is 5.69 Å². The van der Waals surface area contributed by atoms with Gasteiger partial charge in [0.2, 0.25) is 0 Å². The molecule has 0 amide bonds. The fourth-order valence-corrected chi connectivity index (χ4v) is 11.7. The molecule has 0 radical (unpaired) electrons. The van der Waals surface area contributed by atoms with E-state index in [1.807, 2.05) is 43.3 Å². The lowest BCUT2D eigenvalue weighted by molar-refractivity contribution is 0.0187. The maximum absolute atomic E-state index is 14.6. The summed E-state index contributed by atoms with van der Waals surface area (Å²) in [7, 11) is 0. The van der Waals surface area contributed by atoms with Crippen molar-refractivity contribution in [2.24, 2.45) is 33.9 Å². The number of phenolic OH excluding ortho intramolecular Hbond substituents is 1. The largest absolute Gasteiger partial charge is 0.507 e. The summed E-state index contributed by atoms with van der Waals surface area (Å²) in [5, 5.41) is 49.2. The molecule has 288 valence electrons. The van der Waals surface area contributed by atoms with Gasteiger partial charge >= 0.3 is 0 Å². The molecule has 9 nitrogen and oxygen atoms in total. The van der Waals surface area contributed by atoms with Gasteiger partial charge in [-0.3, -0.25) is 9.79 Å². The smallest absolute Gasteiger partial charge is 0.189 e. The maximum atomic E-state index is 14.6. The number of phenols is 1. The molecule has 0 bridgehead atoms. The van der Waals surface area contributed by atoms with Crippen molar-refractivity contribution in [1.82, 2.24) is 5.32 Å². The zero-order valence-corrected chi connectivity index (χ0v) is 32.9. The molecule has 4 aliphatic rings. The van der Waals surface area contributed by atoms with Crippen LogP contribution >= 0.6 is 22.7 Å². The number of rotatable bonds is 11. The van der Waals surface area contributed by atoms with Crippen molar-refractivity contribution in [3.05, 3.63) is 63.4 Å². The van der Waals surface area contributed by atoms with Gasteiger partial charge in [0.25, 0.3) is 0 Å². The first kappa shape index (κ1) is 38.6. The molecule has 3 heterocycles. The Morgan fingerprint density at radius 1 is 1.06 bits per heavy atom. The number of hydrogen-bond acceptors (Lipinski definition) is 9. The second-order valence-electron chi connectivity index (χ2n) is 16.0. The number of carbonyl (C=O) groups excluding carboxylic acids is 1. The molecule has 54 heavy (non-hydrogen) atoms. The van der Waals surface area contributed by atoms with Gasteiger partial charge < -0.3 is 36.8 Å². The van der Waals surface area contributed by atoms with Crippen molar-refractivity contribution in [3.8, 4) is 27.3 Å². The van der Waals surface area contributed by atoms with E-state index in [1.54, 1.807) is 29.6 Å². The summed E-state index contributed by atoms with van der Waals surface area (Å²) in [6, 6.07) is 11.8. The van der Waals surface area contributed by atoms with E-state index in [2.05, 4.69) is 34.6 Å². The van der Waals surface area contributed by atoms with Crippen molar-refractivity contribution in [2.75, 3.05) is 11.9 Å². The van der Waals surface area contributed by atoms with Crippen LogP contribution in [0.5, 0.6) is 5.75 Å². The van der Waals surface area contributed by atoms with Crippen LogP contribution in [0, 0.1) is 35.0 Å². The van der Waals surface area contributed by atoms with E-state index >= 15 is 0 Å². The summed E-state index contributed by atoms with van der Waals surface area (Å²) in [6.07, 6.45) is 11.8. The van der Waals surface area contributed by atoms with Crippen molar-refractivity contribution < 1.29 is 25.2 Å². The van der Waals surface area contributed by atoms with Gasteiger partial charge in [0.1, 0.15) is 5.75 Å². The number of anilines is 1. The molecule has 3 aromatic rings. The van der Waals surface area contributed by atoms with Crippen LogP contribution < -0.4 is 16.4 Å². The third-order valence-corrected chi connectivity index (χ3v) is 14.7. The summed E-state index contributed by atoms with van der Waals surface area (Å²) in [6.45, 7) is 3.28. The Bertz CT molecular complexity index is 1930. The number of aromatic hydroxyl groups is 1. The molecule has 2 aromatic heterocycles. The Labute approximate surface area is 326 Å². The van der Waals surface area contributed by atoms with Gasteiger partial charge in [-0.1, -0.05) is 30.9 Å². The monoisotopic (exact) mass is 770 g/mol. The second kappa shape index (κ2) is 16.6. The fourth-order valence-electron chi connectivity index (χ4n) is 9.68. The average Bonchev–Trinajstić information content (AvgIpc) is 3.99. The molecule has 1 spiro atoms. The molecule has 1 aromatic carbocycles.